The number of unbranched alkanes of at least 4 members (excludes halogenated alkanes) is 1. The molecule has 2 heterocycles. The van der Waals surface area contributed by atoms with E-state index in [9.17, 15) is 9.59 Å². The van der Waals surface area contributed by atoms with Gasteiger partial charge in [0.25, 0.3) is 5.56 Å². The van der Waals surface area contributed by atoms with E-state index in [-0.39, 0.29) is 17.8 Å². The van der Waals surface area contributed by atoms with Crippen LogP contribution in [0.4, 0.5) is 0 Å². The smallest absolute Gasteiger partial charge is 0.306 e. The van der Waals surface area contributed by atoms with E-state index in [0.717, 1.165) is 38.5 Å². The van der Waals surface area contributed by atoms with E-state index in [1.165, 1.54) is 22.9 Å². The van der Waals surface area contributed by atoms with Gasteiger partial charge in [0.1, 0.15) is 0 Å². The summed E-state index contributed by atoms with van der Waals surface area (Å²) in [6.45, 7) is 5.47. The van der Waals surface area contributed by atoms with Crippen LogP contribution >= 0.6 is 11.8 Å². The summed E-state index contributed by atoms with van der Waals surface area (Å²) in [5.74, 6) is 0.780. The van der Waals surface area contributed by atoms with Gasteiger partial charge in [0.05, 0.1) is 17.9 Å². The Balaban J connectivity index is 1.77. The molecule has 1 aromatic rings. The lowest BCUT2D eigenvalue weighted by atomic mass is 10.0. The number of hydrogen-bond donors (Lipinski definition) is 0. The zero-order valence-corrected chi connectivity index (χ0v) is 17.3. The lowest BCUT2D eigenvalue weighted by molar-refractivity contribution is -0.144. The molecular weight excluding hydrogens is 364 g/mol. The fourth-order valence-corrected chi connectivity index (χ4v) is 3.93. The lowest BCUT2D eigenvalue weighted by Crippen LogP contribution is -2.31. The van der Waals surface area contributed by atoms with Crippen molar-refractivity contribution in [2.24, 2.45) is 5.92 Å². The summed E-state index contributed by atoms with van der Waals surface area (Å²) in [5.41, 5.74) is -0.145. The molecule has 0 amide bonds. The molecule has 2 atom stereocenters. The van der Waals surface area contributed by atoms with Crippen LogP contribution in [0.15, 0.2) is 22.0 Å². The molecule has 1 fully saturated rings. The summed E-state index contributed by atoms with van der Waals surface area (Å²) in [5, 5.41) is 4.16. The second-order valence-corrected chi connectivity index (χ2v) is 8.10. The zero-order valence-electron chi connectivity index (χ0n) is 16.5. The number of carbonyl (C=O) groups is 1. The van der Waals surface area contributed by atoms with E-state index in [1.54, 1.807) is 12.3 Å². The predicted octanol–water partition coefficient (Wildman–Crippen LogP) is 4.18. The number of esters is 1. The topological polar surface area (TPSA) is 70.4 Å². The average molecular weight is 397 g/mol. The van der Waals surface area contributed by atoms with Crippen molar-refractivity contribution in [2.75, 3.05) is 19.0 Å². The summed E-state index contributed by atoms with van der Waals surface area (Å²) in [4.78, 5) is 25.2. The third-order valence-corrected chi connectivity index (χ3v) is 5.88. The van der Waals surface area contributed by atoms with Crippen molar-refractivity contribution in [3.05, 3.63) is 22.6 Å². The fourth-order valence-electron chi connectivity index (χ4n) is 3.07. The van der Waals surface area contributed by atoms with Gasteiger partial charge >= 0.3 is 5.97 Å². The average Bonchev–Trinajstić information content (AvgIpc) is 2.70. The molecule has 6 nitrogen and oxygen atoms in total. The van der Waals surface area contributed by atoms with Crippen molar-refractivity contribution < 1.29 is 14.3 Å². The van der Waals surface area contributed by atoms with Gasteiger partial charge in [-0.3, -0.25) is 9.59 Å². The van der Waals surface area contributed by atoms with E-state index in [0.29, 0.717) is 36.2 Å². The SMILES string of the molecule is CCCCC(CC)COC(=O)CCSc1ccnn(C2CCCCO2)c1=O. The van der Waals surface area contributed by atoms with Gasteiger partial charge in [-0.2, -0.15) is 9.78 Å². The van der Waals surface area contributed by atoms with Crippen molar-refractivity contribution in [1.82, 2.24) is 9.78 Å². The molecule has 1 saturated heterocycles. The normalized spacial score (nSPS) is 18.2. The summed E-state index contributed by atoms with van der Waals surface area (Å²) in [7, 11) is 0. The van der Waals surface area contributed by atoms with Crippen molar-refractivity contribution in [3.63, 3.8) is 0 Å². The highest BCUT2D eigenvalue weighted by Gasteiger charge is 2.19. The van der Waals surface area contributed by atoms with E-state index in [2.05, 4.69) is 18.9 Å². The van der Waals surface area contributed by atoms with Crippen molar-refractivity contribution >= 4 is 17.7 Å². The first-order valence-corrected chi connectivity index (χ1v) is 11.1. The van der Waals surface area contributed by atoms with Gasteiger partial charge in [-0.1, -0.05) is 33.1 Å². The van der Waals surface area contributed by atoms with Gasteiger partial charge in [0.2, 0.25) is 0 Å². The predicted molar refractivity (Wildman–Crippen MR) is 107 cm³/mol. The summed E-state index contributed by atoms with van der Waals surface area (Å²) >= 11 is 1.38. The van der Waals surface area contributed by atoms with Crippen LogP contribution in [0.5, 0.6) is 0 Å². The van der Waals surface area contributed by atoms with Gasteiger partial charge in [0.15, 0.2) is 6.23 Å². The Morgan fingerprint density at radius 1 is 1.44 bits per heavy atom. The van der Waals surface area contributed by atoms with Crippen LogP contribution in [-0.2, 0) is 14.3 Å². The van der Waals surface area contributed by atoms with Gasteiger partial charge < -0.3 is 9.47 Å². The van der Waals surface area contributed by atoms with Crippen molar-refractivity contribution in [1.29, 1.82) is 0 Å². The van der Waals surface area contributed by atoms with Gasteiger partial charge in [0, 0.05) is 18.6 Å². The molecule has 0 radical (unpaired) electrons. The molecule has 0 bridgehead atoms. The first-order chi connectivity index (χ1) is 13.2. The molecule has 0 spiro atoms. The Kier molecular flexibility index (Phi) is 9.91. The Morgan fingerprint density at radius 3 is 3.00 bits per heavy atom. The highest BCUT2D eigenvalue weighted by Crippen LogP contribution is 2.21. The van der Waals surface area contributed by atoms with Crippen LogP contribution in [0, 0.1) is 5.92 Å². The maximum absolute atomic E-state index is 12.6. The Hall–Kier alpha value is -1.34. The van der Waals surface area contributed by atoms with Gasteiger partial charge in [-0.05, 0) is 37.7 Å². The van der Waals surface area contributed by atoms with Crippen LogP contribution in [0.3, 0.4) is 0 Å². The minimum absolute atomic E-state index is 0.145. The minimum atomic E-state index is -0.272. The fraction of sp³-hybridized carbons (Fsp3) is 0.750. The summed E-state index contributed by atoms with van der Waals surface area (Å²) < 4.78 is 12.5. The van der Waals surface area contributed by atoms with Crippen LogP contribution in [0.2, 0.25) is 0 Å². The van der Waals surface area contributed by atoms with Crippen LogP contribution in [0.25, 0.3) is 0 Å². The number of ether oxygens (including phenoxy) is 2. The van der Waals surface area contributed by atoms with Gasteiger partial charge in [-0.15, -0.1) is 11.8 Å². The Labute approximate surface area is 166 Å². The molecule has 27 heavy (non-hydrogen) atoms. The molecule has 1 aromatic heterocycles. The number of rotatable bonds is 11. The second kappa shape index (κ2) is 12.2. The highest BCUT2D eigenvalue weighted by atomic mass is 32.2. The van der Waals surface area contributed by atoms with E-state index in [1.807, 2.05) is 0 Å². The number of carbonyl (C=O) groups excluding carboxylic acids is 1. The van der Waals surface area contributed by atoms with Gasteiger partial charge in [-0.25, -0.2) is 0 Å². The number of nitrogens with zero attached hydrogens (tertiary/aromatic N) is 2. The largest absolute Gasteiger partial charge is 0.465 e. The van der Waals surface area contributed by atoms with E-state index in [4.69, 9.17) is 9.47 Å². The Bertz CT molecular complexity index is 629. The first kappa shape index (κ1) is 22.0. The number of hydrogen-bond acceptors (Lipinski definition) is 6. The maximum atomic E-state index is 12.6. The molecule has 0 aromatic carbocycles. The number of aromatic nitrogens is 2. The lowest BCUT2D eigenvalue weighted by Gasteiger charge is -2.23. The quantitative estimate of drug-likeness (QED) is 0.413. The first-order valence-electron chi connectivity index (χ1n) is 10.1. The summed E-state index contributed by atoms with van der Waals surface area (Å²) in [6.07, 6.45) is 9.00. The zero-order chi connectivity index (χ0) is 19.5. The summed E-state index contributed by atoms with van der Waals surface area (Å²) in [6, 6.07) is 1.70. The van der Waals surface area contributed by atoms with Crippen molar-refractivity contribution in [2.45, 2.75) is 76.3 Å². The molecule has 0 aliphatic carbocycles. The standard InChI is InChI=1S/C20H32N2O4S/c1-3-5-8-16(4-2)15-26-19(23)11-14-27-17-10-12-21-22(20(17)24)18-9-6-7-13-25-18/h10,12,16,18H,3-9,11,13-15H2,1-2H3. The van der Waals surface area contributed by atoms with Crippen LogP contribution < -0.4 is 5.56 Å². The van der Waals surface area contributed by atoms with E-state index < -0.39 is 0 Å². The van der Waals surface area contributed by atoms with Crippen molar-refractivity contribution in [3.8, 4) is 0 Å². The molecule has 152 valence electrons. The van der Waals surface area contributed by atoms with Crippen LogP contribution in [-0.4, -0.2) is 34.7 Å². The third-order valence-electron chi connectivity index (χ3n) is 4.85. The molecule has 0 saturated carbocycles. The molecule has 0 N–H and O–H groups in total. The number of thioether (sulfide) groups is 1. The molecule has 2 rings (SSSR count). The maximum Gasteiger partial charge on any atom is 0.306 e. The highest BCUT2D eigenvalue weighted by molar-refractivity contribution is 7.99. The minimum Gasteiger partial charge on any atom is -0.465 e. The monoisotopic (exact) mass is 396 g/mol. The van der Waals surface area contributed by atoms with Crippen LogP contribution in [0.1, 0.15) is 71.4 Å². The molecule has 1 aliphatic heterocycles. The molecule has 1 aliphatic rings. The molecule has 2 unspecified atom stereocenters. The Morgan fingerprint density at radius 2 is 2.30 bits per heavy atom. The third kappa shape index (κ3) is 7.30. The van der Waals surface area contributed by atoms with E-state index >= 15 is 0 Å². The molecular formula is C20H32N2O4S. The molecule has 7 heteroatoms. The second-order valence-electron chi connectivity index (χ2n) is 6.96.